The molecule has 2 rings (SSSR count). The van der Waals surface area contributed by atoms with Crippen molar-refractivity contribution < 1.29 is 9.59 Å². The van der Waals surface area contributed by atoms with Gasteiger partial charge in [-0.1, -0.05) is 42.5 Å². The molecule has 0 heterocycles. The van der Waals surface area contributed by atoms with Crippen LogP contribution in [0.25, 0.3) is 0 Å². The molecular formula is C20H23N3O2S. The largest absolute Gasteiger partial charge is 0.326 e. The molecule has 0 fully saturated rings. The van der Waals surface area contributed by atoms with Gasteiger partial charge in [-0.15, -0.1) is 0 Å². The van der Waals surface area contributed by atoms with Crippen molar-refractivity contribution in [2.24, 2.45) is 5.10 Å². The van der Waals surface area contributed by atoms with Gasteiger partial charge in [-0.25, -0.2) is 5.43 Å². The van der Waals surface area contributed by atoms with E-state index in [1.165, 1.54) is 12.5 Å². The van der Waals surface area contributed by atoms with E-state index in [0.29, 0.717) is 17.2 Å². The number of nitrogens with one attached hydrogen (secondary N) is 2. The lowest BCUT2D eigenvalue weighted by Gasteiger charge is -2.06. The summed E-state index contributed by atoms with van der Waals surface area (Å²) < 4.78 is 0. The molecule has 136 valence electrons. The summed E-state index contributed by atoms with van der Waals surface area (Å²) in [7, 11) is 0. The number of hydrogen-bond donors (Lipinski definition) is 2. The van der Waals surface area contributed by atoms with E-state index in [9.17, 15) is 9.59 Å². The Morgan fingerprint density at radius 2 is 1.81 bits per heavy atom. The Morgan fingerprint density at radius 1 is 1.04 bits per heavy atom. The van der Waals surface area contributed by atoms with Crippen LogP contribution in [0.4, 0.5) is 5.69 Å². The number of rotatable bonds is 8. The molecule has 0 atom stereocenters. The lowest BCUT2D eigenvalue weighted by atomic mass is 10.1. The van der Waals surface area contributed by atoms with Gasteiger partial charge >= 0.3 is 0 Å². The fourth-order valence-corrected chi connectivity index (χ4v) is 3.04. The average molecular weight is 369 g/mol. The van der Waals surface area contributed by atoms with Gasteiger partial charge in [0.25, 0.3) is 0 Å². The molecule has 0 unspecified atom stereocenters. The Hall–Kier alpha value is -2.60. The third-order valence-electron chi connectivity index (χ3n) is 3.56. The fourth-order valence-electron chi connectivity index (χ4n) is 2.27. The summed E-state index contributed by atoms with van der Waals surface area (Å²) in [5, 5.41) is 6.87. The maximum Gasteiger partial charge on any atom is 0.250 e. The van der Waals surface area contributed by atoms with Crippen LogP contribution in [-0.2, 0) is 16.0 Å². The lowest BCUT2D eigenvalue weighted by molar-refractivity contribution is -0.118. The molecule has 2 aromatic carbocycles. The molecule has 5 nitrogen and oxygen atoms in total. The molecular weight excluding hydrogens is 346 g/mol. The Labute approximate surface area is 158 Å². The minimum Gasteiger partial charge on any atom is -0.326 e. The van der Waals surface area contributed by atoms with Gasteiger partial charge in [0.1, 0.15) is 0 Å². The molecule has 6 heteroatoms. The van der Waals surface area contributed by atoms with E-state index in [1.807, 2.05) is 43.3 Å². The third kappa shape index (κ3) is 7.11. The Kier molecular flexibility index (Phi) is 7.89. The van der Waals surface area contributed by atoms with Crippen LogP contribution < -0.4 is 10.7 Å². The number of hydrogen-bond acceptors (Lipinski definition) is 4. The monoisotopic (exact) mass is 369 g/mol. The van der Waals surface area contributed by atoms with E-state index in [2.05, 4.69) is 28.0 Å². The predicted molar refractivity (Wildman–Crippen MR) is 109 cm³/mol. The summed E-state index contributed by atoms with van der Waals surface area (Å²) in [5.41, 5.74) is 6.07. The topological polar surface area (TPSA) is 70.6 Å². The van der Waals surface area contributed by atoms with Crippen molar-refractivity contribution in [1.29, 1.82) is 0 Å². The zero-order valence-corrected chi connectivity index (χ0v) is 15.8. The Balaban J connectivity index is 1.77. The Bertz CT molecular complexity index is 776. The smallest absolute Gasteiger partial charge is 0.250 e. The van der Waals surface area contributed by atoms with Crippen molar-refractivity contribution in [1.82, 2.24) is 5.43 Å². The number of carbonyl (C=O) groups is 2. The van der Waals surface area contributed by atoms with Crippen molar-refractivity contribution >= 4 is 35.0 Å². The molecule has 2 N–H and O–H groups in total. The number of thioether (sulfide) groups is 1. The first-order valence-electron chi connectivity index (χ1n) is 8.37. The zero-order valence-electron chi connectivity index (χ0n) is 15.0. The first kappa shape index (κ1) is 19.7. The number of nitrogens with zero attached hydrogens (tertiary/aromatic N) is 1. The summed E-state index contributed by atoms with van der Waals surface area (Å²) in [5.74, 6) is 1.01. The molecule has 0 spiro atoms. The van der Waals surface area contributed by atoms with Gasteiger partial charge in [-0.3, -0.25) is 9.59 Å². The molecule has 2 amide bonds. The van der Waals surface area contributed by atoms with Gasteiger partial charge in [0.15, 0.2) is 0 Å². The van der Waals surface area contributed by atoms with E-state index in [4.69, 9.17) is 0 Å². The minimum atomic E-state index is -0.127. The molecule has 2 aromatic rings. The average Bonchev–Trinajstić information content (AvgIpc) is 2.64. The number of amides is 2. The molecule has 0 aliphatic rings. The van der Waals surface area contributed by atoms with Crippen LogP contribution in [0.15, 0.2) is 59.7 Å². The number of hydrazone groups is 1. The summed E-state index contributed by atoms with van der Waals surface area (Å²) >= 11 is 1.58. The third-order valence-corrected chi connectivity index (χ3v) is 4.52. The number of carbonyl (C=O) groups excluding carboxylic acids is 2. The summed E-state index contributed by atoms with van der Waals surface area (Å²) in [6.45, 7) is 3.28. The predicted octanol–water partition coefficient (Wildman–Crippen LogP) is 3.46. The Morgan fingerprint density at radius 3 is 2.54 bits per heavy atom. The maximum absolute atomic E-state index is 11.9. The van der Waals surface area contributed by atoms with Gasteiger partial charge in [0.2, 0.25) is 11.8 Å². The first-order valence-corrected chi connectivity index (χ1v) is 9.53. The molecule has 0 aromatic heterocycles. The highest BCUT2D eigenvalue weighted by atomic mass is 32.2. The van der Waals surface area contributed by atoms with Gasteiger partial charge in [-0.2, -0.15) is 16.9 Å². The van der Waals surface area contributed by atoms with E-state index in [-0.39, 0.29) is 11.8 Å². The zero-order chi connectivity index (χ0) is 18.8. The minimum absolute atomic E-state index is 0.125. The highest BCUT2D eigenvalue weighted by molar-refractivity contribution is 7.99. The summed E-state index contributed by atoms with van der Waals surface area (Å²) in [6.07, 6.45) is 0.941. The normalized spacial score (nSPS) is 11.1. The van der Waals surface area contributed by atoms with Crippen LogP contribution >= 0.6 is 11.8 Å². The number of anilines is 1. The van der Waals surface area contributed by atoms with Crippen molar-refractivity contribution in [3.8, 4) is 0 Å². The second kappa shape index (κ2) is 10.4. The summed E-state index contributed by atoms with van der Waals surface area (Å²) in [6, 6.07) is 17.5. The van der Waals surface area contributed by atoms with Crippen molar-refractivity contribution in [3.63, 3.8) is 0 Å². The van der Waals surface area contributed by atoms with Crippen LogP contribution in [0.2, 0.25) is 0 Å². The van der Waals surface area contributed by atoms with Crippen LogP contribution in [0.1, 0.15) is 25.0 Å². The molecule has 0 aliphatic heterocycles. The second-order valence-electron chi connectivity index (χ2n) is 5.78. The van der Waals surface area contributed by atoms with E-state index < -0.39 is 0 Å². The van der Waals surface area contributed by atoms with E-state index in [0.717, 1.165) is 17.7 Å². The highest BCUT2D eigenvalue weighted by Gasteiger charge is 2.04. The van der Waals surface area contributed by atoms with E-state index in [1.54, 1.807) is 17.8 Å². The van der Waals surface area contributed by atoms with Crippen LogP contribution in [0, 0.1) is 0 Å². The van der Waals surface area contributed by atoms with Crippen molar-refractivity contribution in [3.05, 3.63) is 65.7 Å². The second-order valence-corrected chi connectivity index (χ2v) is 6.89. The number of benzene rings is 2. The van der Waals surface area contributed by atoms with Gasteiger partial charge in [0, 0.05) is 12.6 Å². The molecule has 0 bridgehead atoms. The van der Waals surface area contributed by atoms with Gasteiger partial charge in [0.05, 0.1) is 11.5 Å². The molecule has 0 aliphatic carbocycles. The number of aryl methyl sites for hydroxylation is 1. The molecule has 26 heavy (non-hydrogen) atoms. The summed E-state index contributed by atoms with van der Waals surface area (Å²) in [4.78, 5) is 23.0. The highest BCUT2D eigenvalue weighted by Crippen LogP contribution is 2.11. The van der Waals surface area contributed by atoms with Crippen LogP contribution in [0.3, 0.4) is 0 Å². The fraction of sp³-hybridized carbons (Fsp3) is 0.250. The lowest BCUT2D eigenvalue weighted by Crippen LogP contribution is -2.21. The van der Waals surface area contributed by atoms with E-state index >= 15 is 0 Å². The van der Waals surface area contributed by atoms with Crippen molar-refractivity contribution in [2.45, 2.75) is 20.3 Å². The molecule has 0 saturated heterocycles. The first-order chi connectivity index (χ1) is 12.5. The quantitative estimate of drug-likeness (QED) is 0.425. The van der Waals surface area contributed by atoms with Crippen LogP contribution in [-0.4, -0.2) is 29.0 Å². The van der Waals surface area contributed by atoms with Gasteiger partial charge in [-0.05, 0) is 42.4 Å². The maximum atomic E-state index is 11.9. The van der Waals surface area contributed by atoms with Crippen LogP contribution in [0.5, 0.6) is 0 Å². The molecule has 0 saturated carbocycles. The SMILES string of the molecule is CC(=O)Nc1cccc(/C(C)=N\NC(=O)CSCCc2ccccc2)c1. The van der Waals surface area contributed by atoms with Gasteiger partial charge < -0.3 is 5.32 Å². The standard InChI is InChI=1S/C20H23N3O2S/c1-15(18-9-6-10-19(13-18)21-16(2)24)22-23-20(25)14-26-12-11-17-7-4-3-5-8-17/h3-10,13H,11-12,14H2,1-2H3,(H,21,24)(H,23,25)/b22-15-. The van der Waals surface area contributed by atoms with Crippen molar-refractivity contribution in [2.75, 3.05) is 16.8 Å². The molecule has 0 radical (unpaired) electrons.